The lowest BCUT2D eigenvalue weighted by molar-refractivity contribution is 0.171. The number of benzene rings is 1. The number of aromatic nitrogens is 1. The normalized spacial score (nSPS) is 15.3. The van der Waals surface area contributed by atoms with Crippen LogP contribution < -0.4 is 15.2 Å². The maximum absolute atomic E-state index is 6.22. The second kappa shape index (κ2) is 5.00. The topological polar surface area (TPSA) is 57.4 Å². The highest BCUT2D eigenvalue weighted by Crippen LogP contribution is 2.40. The zero-order valence-corrected chi connectivity index (χ0v) is 11.9. The maximum atomic E-state index is 6.22. The number of ether oxygens (including phenoxy) is 2. The zero-order chi connectivity index (χ0) is 13.4. The van der Waals surface area contributed by atoms with E-state index in [1.807, 2.05) is 25.3 Å². The number of aryl methyl sites for hydroxylation is 1. The Labute approximate surface area is 120 Å². The predicted octanol–water partition coefficient (Wildman–Crippen LogP) is 2.92. The Morgan fingerprint density at radius 2 is 2.16 bits per heavy atom. The molecule has 0 radical (unpaired) electrons. The van der Waals surface area contributed by atoms with Gasteiger partial charge in [-0.25, -0.2) is 4.98 Å². The van der Waals surface area contributed by atoms with Crippen molar-refractivity contribution in [1.82, 2.24) is 4.98 Å². The second-order valence-corrected chi connectivity index (χ2v) is 5.99. The number of thiazole rings is 1. The number of nitrogens with zero attached hydrogens (tertiary/aromatic N) is 1. The van der Waals surface area contributed by atoms with Gasteiger partial charge < -0.3 is 15.2 Å². The summed E-state index contributed by atoms with van der Waals surface area (Å²) in [6.07, 6.45) is 1.82. The van der Waals surface area contributed by atoms with Gasteiger partial charge in [0.25, 0.3) is 0 Å². The fourth-order valence-electron chi connectivity index (χ4n) is 1.97. The lowest BCUT2D eigenvalue weighted by Crippen LogP contribution is -2.17. The molecule has 1 aromatic heterocycles. The Morgan fingerprint density at radius 3 is 2.89 bits per heavy atom. The Balaban J connectivity index is 1.99. The highest BCUT2D eigenvalue weighted by Gasteiger charge is 2.20. The lowest BCUT2D eigenvalue weighted by atomic mass is 10.1. The molecule has 2 N–H and O–H groups in total. The van der Waals surface area contributed by atoms with Gasteiger partial charge >= 0.3 is 0 Å². The van der Waals surface area contributed by atoms with Crippen molar-refractivity contribution < 1.29 is 9.47 Å². The molecule has 19 heavy (non-hydrogen) atoms. The molecule has 0 saturated heterocycles. The van der Waals surface area contributed by atoms with Gasteiger partial charge in [0, 0.05) is 11.1 Å². The molecule has 1 aromatic carbocycles. The molecule has 1 aliphatic heterocycles. The second-order valence-electron chi connectivity index (χ2n) is 4.31. The summed E-state index contributed by atoms with van der Waals surface area (Å²) < 4.78 is 11.0. The van der Waals surface area contributed by atoms with Crippen LogP contribution in [0.3, 0.4) is 0 Å². The molecule has 3 rings (SSSR count). The molecule has 0 bridgehead atoms. The molecular weight excluding hydrogens is 284 g/mol. The van der Waals surface area contributed by atoms with E-state index < -0.39 is 0 Å². The van der Waals surface area contributed by atoms with Crippen LogP contribution in [0.1, 0.15) is 21.5 Å². The van der Waals surface area contributed by atoms with Crippen LogP contribution in [0.5, 0.6) is 11.5 Å². The largest absolute Gasteiger partial charge is 0.486 e. The molecule has 0 saturated carbocycles. The molecule has 100 valence electrons. The first-order valence-corrected chi connectivity index (χ1v) is 7.11. The van der Waals surface area contributed by atoms with Crippen molar-refractivity contribution >= 4 is 22.9 Å². The molecule has 1 aliphatic rings. The first kappa shape index (κ1) is 12.7. The van der Waals surface area contributed by atoms with E-state index in [4.69, 9.17) is 26.8 Å². The molecule has 0 spiro atoms. The molecule has 0 amide bonds. The molecule has 4 nitrogen and oxygen atoms in total. The van der Waals surface area contributed by atoms with E-state index in [-0.39, 0.29) is 6.04 Å². The summed E-state index contributed by atoms with van der Waals surface area (Å²) in [5.74, 6) is 1.25. The van der Waals surface area contributed by atoms with E-state index >= 15 is 0 Å². The third kappa shape index (κ3) is 2.41. The monoisotopic (exact) mass is 296 g/mol. The van der Waals surface area contributed by atoms with Crippen molar-refractivity contribution in [3.63, 3.8) is 0 Å². The van der Waals surface area contributed by atoms with E-state index in [0.29, 0.717) is 29.7 Å². The van der Waals surface area contributed by atoms with Gasteiger partial charge in [-0.3, -0.25) is 0 Å². The average molecular weight is 297 g/mol. The van der Waals surface area contributed by atoms with Gasteiger partial charge in [0.15, 0.2) is 11.5 Å². The highest BCUT2D eigenvalue weighted by molar-refractivity contribution is 7.11. The predicted molar refractivity (Wildman–Crippen MR) is 75.3 cm³/mol. The van der Waals surface area contributed by atoms with Gasteiger partial charge in [0.2, 0.25) is 0 Å². The summed E-state index contributed by atoms with van der Waals surface area (Å²) in [6, 6.07) is 3.39. The quantitative estimate of drug-likeness (QED) is 0.926. The third-order valence-electron chi connectivity index (χ3n) is 2.88. The van der Waals surface area contributed by atoms with Gasteiger partial charge in [-0.05, 0) is 24.6 Å². The van der Waals surface area contributed by atoms with Crippen LogP contribution in [0, 0.1) is 6.92 Å². The summed E-state index contributed by atoms with van der Waals surface area (Å²) in [6.45, 7) is 3.05. The van der Waals surface area contributed by atoms with Crippen LogP contribution in [-0.2, 0) is 0 Å². The third-order valence-corrected chi connectivity index (χ3v) is 4.16. The van der Waals surface area contributed by atoms with Crippen LogP contribution in [0.25, 0.3) is 0 Å². The van der Waals surface area contributed by atoms with E-state index in [0.717, 1.165) is 15.4 Å². The summed E-state index contributed by atoms with van der Waals surface area (Å²) in [4.78, 5) is 5.45. The van der Waals surface area contributed by atoms with Crippen LogP contribution in [-0.4, -0.2) is 18.2 Å². The van der Waals surface area contributed by atoms with Crippen molar-refractivity contribution in [2.75, 3.05) is 13.2 Å². The van der Waals surface area contributed by atoms with E-state index in [2.05, 4.69) is 4.98 Å². The Hall–Kier alpha value is -1.30. The molecule has 0 aliphatic carbocycles. The van der Waals surface area contributed by atoms with Gasteiger partial charge in [0.1, 0.15) is 18.2 Å². The summed E-state index contributed by atoms with van der Waals surface area (Å²) >= 11 is 7.79. The first-order valence-electron chi connectivity index (χ1n) is 5.92. The summed E-state index contributed by atoms with van der Waals surface area (Å²) in [5, 5.41) is 1.39. The number of rotatable bonds is 2. The number of hydrogen-bond acceptors (Lipinski definition) is 5. The Bertz CT molecular complexity index is 615. The molecule has 2 heterocycles. The van der Waals surface area contributed by atoms with E-state index in [1.54, 1.807) is 11.3 Å². The van der Waals surface area contributed by atoms with E-state index in [1.165, 1.54) is 0 Å². The fourth-order valence-corrected chi connectivity index (χ4v) is 3.05. The first-order chi connectivity index (χ1) is 9.15. The smallest absolute Gasteiger partial charge is 0.179 e. The number of fused-ring (bicyclic) bond motifs is 1. The van der Waals surface area contributed by atoms with Crippen molar-refractivity contribution in [1.29, 1.82) is 0 Å². The van der Waals surface area contributed by atoms with Crippen LogP contribution in [0.4, 0.5) is 0 Å². The highest BCUT2D eigenvalue weighted by atomic mass is 35.5. The lowest BCUT2D eigenvalue weighted by Gasteiger charge is -2.21. The molecule has 0 fully saturated rings. The molecule has 6 heteroatoms. The van der Waals surface area contributed by atoms with Crippen molar-refractivity contribution in [2.24, 2.45) is 5.73 Å². The molecule has 2 aromatic rings. The van der Waals surface area contributed by atoms with Gasteiger partial charge in [-0.15, -0.1) is 11.3 Å². The molecule has 1 atom stereocenters. The Morgan fingerprint density at radius 1 is 1.37 bits per heavy atom. The average Bonchev–Trinajstić information content (AvgIpc) is 2.84. The van der Waals surface area contributed by atoms with Crippen LogP contribution in [0.2, 0.25) is 5.02 Å². The van der Waals surface area contributed by atoms with Crippen molar-refractivity contribution in [2.45, 2.75) is 13.0 Å². The SMILES string of the molecule is Cc1cnc(C(N)c2cc(Cl)c3c(c2)OCCO3)s1. The fraction of sp³-hybridized carbons (Fsp3) is 0.308. The van der Waals surface area contributed by atoms with Crippen molar-refractivity contribution in [3.05, 3.63) is 38.8 Å². The summed E-state index contributed by atoms with van der Waals surface area (Å²) in [5.41, 5.74) is 7.10. The Kier molecular flexibility index (Phi) is 3.35. The number of nitrogens with two attached hydrogens (primary N) is 1. The number of halogens is 1. The summed E-state index contributed by atoms with van der Waals surface area (Å²) in [7, 11) is 0. The van der Waals surface area contributed by atoms with Crippen LogP contribution in [0.15, 0.2) is 18.3 Å². The standard InChI is InChI=1S/C13H13ClN2O2S/c1-7-6-16-13(19-7)11(15)8-4-9(14)12-10(5-8)17-2-3-18-12/h4-6,11H,2-3,15H2,1H3. The number of hydrogen-bond donors (Lipinski definition) is 1. The minimum Gasteiger partial charge on any atom is -0.486 e. The molecule has 1 unspecified atom stereocenters. The van der Waals surface area contributed by atoms with Gasteiger partial charge in [-0.2, -0.15) is 0 Å². The maximum Gasteiger partial charge on any atom is 0.179 e. The molecular formula is C13H13ClN2O2S. The van der Waals surface area contributed by atoms with Crippen molar-refractivity contribution in [3.8, 4) is 11.5 Å². The minimum atomic E-state index is -0.299. The zero-order valence-electron chi connectivity index (χ0n) is 10.4. The van der Waals surface area contributed by atoms with Gasteiger partial charge in [-0.1, -0.05) is 11.6 Å². The van der Waals surface area contributed by atoms with E-state index in [9.17, 15) is 0 Å². The minimum absolute atomic E-state index is 0.299. The van der Waals surface area contributed by atoms with Crippen LogP contribution >= 0.6 is 22.9 Å². The van der Waals surface area contributed by atoms with Gasteiger partial charge in [0.05, 0.1) is 11.1 Å².